The van der Waals surface area contributed by atoms with Gasteiger partial charge in [0.05, 0.1) is 12.6 Å². The largest absolute Gasteiger partial charge is 0.496 e. The van der Waals surface area contributed by atoms with E-state index >= 15 is 0 Å². The van der Waals surface area contributed by atoms with Crippen LogP contribution in [-0.2, 0) is 4.74 Å². The molecule has 1 atom stereocenters. The van der Waals surface area contributed by atoms with Crippen molar-refractivity contribution < 1.29 is 4.74 Å². The maximum Gasteiger partial charge on any atom is 0.109 e. The van der Waals surface area contributed by atoms with Gasteiger partial charge in [0.25, 0.3) is 0 Å². The molecule has 1 aliphatic heterocycles. The van der Waals surface area contributed by atoms with Gasteiger partial charge in [-0.25, -0.2) is 0 Å². The summed E-state index contributed by atoms with van der Waals surface area (Å²) in [5, 5.41) is 3.47. The Bertz CT molecular complexity index is 165. The zero-order valence-corrected chi connectivity index (χ0v) is 8.81. The van der Waals surface area contributed by atoms with Crippen molar-refractivity contribution >= 4 is 0 Å². The fourth-order valence-electron chi connectivity index (χ4n) is 1.68. The molecule has 1 rings (SSSR count). The number of rotatable bonds is 6. The molecule has 13 heavy (non-hydrogen) atoms. The monoisotopic (exact) mass is 183 g/mol. The Morgan fingerprint density at radius 3 is 2.92 bits per heavy atom. The van der Waals surface area contributed by atoms with E-state index in [-0.39, 0.29) is 0 Å². The predicted octanol–water partition coefficient (Wildman–Crippen LogP) is 2.46. The van der Waals surface area contributed by atoms with Crippen molar-refractivity contribution in [2.75, 3.05) is 13.2 Å². The molecule has 1 heterocycles. The minimum Gasteiger partial charge on any atom is -0.496 e. The van der Waals surface area contributed by atoms with E-state index in [0.717, 1.165) is 19.6 Å². The lowest BCUT2D eigenvalue weighted by molar-refractivity contribution is 0.211. The van der Waals surface area contributed by atoms with Crippen LogP contribution in [0.2, 0.25) is 0 Å². The molecule has 2 nitrogen and oxygen atoms in total. The second-order valence-electron chi connectivity index (χ2n) is 3.50. The Morgan fingerprint density at radius 1 is 1.54 bits per heavy atom. The molecule has 0 radical (unpaired) electrons. The Kier molecular flexibility index (Phi) is 4.91. The first-order valence-corrected chi connectivity index (χ1v) is 5.44. The summed E-state index contributed by atoms with van der Waals surface area (Å²) in [7, 11) is 0. The van der Waals surface area contributed by atoms with E-state index in [1.165, 1.54) is 25.0 Å². The third-order valence-electron chi connectivity index (χ3n) is 2.37. The van der Waals surface area contributed by atoms with Gasteiger partial charge in [-0.05, 0) is 19.0 Å². The Balaban J connectivity index is 2.36. The number of ether oxygens (including phenoxy) is 1. The predicted molar refractivity (Wildman–Crippen MR) is 55.6 cm³/mol. The van der Waals surface area contributed by atoms with Crippen LogP contribution >= 0.6 is 0 Å². The molecule has 0 aromatic rings. The van der Waals surface area contributed by atoms with Crippen molar-refractivity contribution in [3.63, 3.8) is 0 Å². The average molecular weight is 183 g/mol. The number of nitrogens with one attached hydrogen (secondary N) is 1. The lowest BCUT2D eigenvalue weighted by atomic mass is 10.1. The summed E-state index contributed by atoms with van der Waals surface area (Å²) in [6.07, 6.45) is 7.05. The van der Waals surface area contributed by atoms with Crippen LogP contribution in [-0.4, -0.2) is 19.2 Å². The van der Waals surface area contributed by atoms with Gasteiger partial charge in [0.2, 0.25) is 0 Å². The molecule has 1 N–H and O–H groups in total. The van der Waals surface area contributed by atoms with Gasteiger partial charge in [-0.15, -0.1) is 0 Å². The quantitative estimate of drug-likeness (QED) is 0.683. The highest BCUT2D eigenvalue weighted by Crippen LogP contribution is 2.17. The van der Waals surface area contributed by atoms with E-state index in [1.807, 2.05) is 0 Å². The molecular weight excluding hydrogens is 162 g/mol. The van der Waals surface area contributed by atoms with Gasteiger partial charge in [-0.2, -0.15) is 0 Å². The van der Waals surface area contributed by atoms with Crippen molar-refractivity contribution in [3.8, 4) is 0 Å². The molecular formula is C11H21NO. The molecule has 0 saturated heterocycles. The standard InChI is InChI=1S/C11H21NO/c1-3-5-7-10(12-4-2)11-8-6-9-13-11/h8,10,12H,3-7,9H2,1-2H3. The SMILES string of the molecule is CCCCC(NCC)C1=CCCO1. The molecule has 2 heteroatoms. The summed E-state index contributed by atoms with van der Waals surface area (Å²) in [4.78, 5) is 0. The van der Waals surface area contributed by atoms with Crippen LogP contribution in [0.5, 0.6) is 0 Å². The van der Waals surface area contributed by atoms with Crippen LogP contribution in [0.25, 0.3) is 0 Å². The van der Waals surface area contributed by atoms with Crippen molar-refractivity contribution in [1.82, 2.24) is 5.32 Å². The molecule has 0 aromatic carbocycles. The zero-order valence-electron chi connectivity index (χ0n) is 8.81. The Morgan fingerprint density at radius 2 is 2.38 bits per heavy atom. The van der Waals surface area contributed by atoms with Crippen molar-refractivity contribution in [3.05, 3.63) is 11.8 Å². The highest BCUT2D eigenvalue weighted by atomic mass is 16.5. The van der Waals surface area contributed by atoms with E-state index in [2.05, 4.69) is 25.2 Å². The summed E-state index contributed by atoms with van der Waals surface area (Å²) in [5.41, 5.74) is 0. The minimum atomic E-state index is 0.465. The maximum absolute atomic E-state index is 5.56. The van der Waals surface area contributed by atoms with Gasteiger partial charge in [-0.1, -0.05) is 26.7 Å². The highest BCUT2D eigenvalue weighted by molar-refractivity contribution is 5.06. The number of hydrogen-bond donors (Lipinski definition) is 1. The zero-order chi connectivity index (χ0) is 9.52. The summed E-state index contributed by atoms with van der Waals surface area (Å²) in [5.74, 6) is 1.18. The molecule has 0 aliphatic carbocycles. The first-order valence-electron chi connectivity index (χ1n) is 5.44. The molecule has 0 spiro atoms. The van der Waals surface area contributed by atoms with Gasteiger partial charge in [0.1, 0.15) is 5.76 Å². The van der Waals surface area contributed by atoms with E-state index in [1.54, 1.807) is 0 Å². The molecule has 76 valence electrons. The third-order valence-corrected chi connectivity index (χ3v) is 2.37. The summed E-state index contributed by atoms with van der Waals surface area (Å²) in [6, 6.07) is 0.465. The van der Waals surface area contributed by atoms with Crippen LogP contribution in [0, 0.1) is 0 Å². The minimum absolute atomic E-state index is 0.465. The first-order chi connectivity index (χ1) is 6.38. The Hall–Kier alpha value is -0.500. The molecule has 1 aliphatic rings. The molecule has 0 bridgehead atoms. The number of hydrogen-bond acceptors (Lipinski definition) is 2. The van der Waals surface area contributed by atoms with Crippen molar-refractivity contribution in [2.45, 2.75) is 45.6 Å². The van der Waals surface area contributed by atoms with Gasteiger partial charge < -0.3 is 10.1 Å². The van der Waals surface area contributed by atoms with Crippen molar-refractivity contribution in [2.24, 2.45) is 0 Å². The average Bonchev–Trinajstić information content (AvgIpc) is 2.65. The number of likely N-dealkylation sites (N-methyl/N-ethyl adjacent to an activating group) is 1. The lowest BCUT2D eigenvalue weighted by Gasteiger charge is -2.18. The molecule has 0 fully saturated rings. The maximum atomic E-state index is 5.56. The fourth-order valence-corrected chi connectivity index (χ4v) is 1.68. The van der Waals surface area contributed by atoms with E-state index in [4.69, 9.17) is 4.74 Å². The van der Waals surface area contributed by atoms with Crippen LogP contribution in [0.1, 0.15) is 39.5 Å². The lowest BCUT2D eigenvalue weighted by Crippen LogP contribution is -2.30. The van der Waals surface area contributed by atoms with E-state index in [0.29, 0.717) is 6.04 Å². The Labute approximate surface area is 81.4 Å². The second kappa shape index (κ2) is 6.03. The summed E-state index contributed by atoms with van der Waals surface area (Å²) in [6.45, 7) is 6.28. The second-order valence-corrected chi connectivity index (χ2v) is 3.50. The van der Waals surface area contributed by atoms with Crippen LogP contribution in [0.3, 0.4) is 0 Å². The summed E-state index contributed by atoms with van der Waals surface area (Å²) < 4.78 is 5.56. The topological polar surface area (TPSA) is 21.3 Å². The molecule has 0 aromatic heterocycles. The molecule has 0 saturated carbocycles. The van der Waals surface area contributed by atoms with Crippen LogP contribution < -0.4 is 5.32 Å². The molecule has 1 unspecified atom stereocenters. The van der Waals surface area contributed by atoms with Crippen LogP contribution in [0.4, 0.5) is 0 Å². The number of unbranched alkanes of at least 4 members (excludes halogenated alkanes) is 1. The van der Waals surface area contributed by atoms with Gasteiger partial charge in [-0.3, -0.25) is 0 Å². The summed E-state index contributed by atoms with van der Waals surface area (Å²) >= 11 is 0. The highest BCUT2D eigenvalue weighted by Gasteiger charge is 2.16. The fraction of sp³-hybridized carbons (Fsp3) is 0.818. The van der Waals surface area contributed by atoms with Crippen molar-refractivity contribution in [1.29, 1.82) is 0 Å². The smallest absolute Gasteiger partial charge is 0.109 e. The van der Waals surface area contributed by atoms with E-state index in [9.17, 15) is 0 Å². The van der Waals surface area contributed by atoms with E-state index < -0.39 is 0 Å². The third kappa shape index (κ3) is 3.39. The molecule has 0 amide bonds. The van der Waals surface area contributed by atoms with Gasteiger partial charge in [0.15, 0.2) is 0 Å². The van der Waals surface area contributed by atoms with Crippen LogP contribution in [0.15, 0.2) is 11.8 Å². The van der Waals surface area contributed by atoms with Gasteiger partial charge in [0, 0.05) is 6.42 Å². The first kappa shape index (κ1) is 10.6. The van der Waals surface area contributed by atoms with Gasteiger partial charge >= 0.3 is 0 Å². The normalized spacial score (nSPS) is 18.2.